The number of nitrogens with one attached hydrogen (secondary N) is 1. The van der Waals surface area contributed by atoms with Crippen LogP contribution in [-0.4, -0.2) is 33.1 Å². The third-order valence-corrected chi connectivity index (χ3v) is 4.33. The zero-order valence-electron chi connectivity index (χ0n) is 15.3. The van der Waals surface area contributed by atoms with E-state index < -0.39 is 16.0 Å². The highest BCUT2D eigenvalue weighted by atomic mass is 32.2. The lowest BCUT2D eigenvalue weighted by molar-refractivity contribution is 0.0696. The molecule has 27 heavy (non-hydrogen) atoms. The molecule has 2 rings (SSSR count). The number of carbonyl (C=O) groups is 1. The summed E-state index contributed by atoms with van der Waals surface area (Å²) in [6, 6.07) is 10.9. The number of rotatable bonds is 8. The van der Waals surface area contributed by atoms with E-state index in [1.807, 2.05) is 6.92 Å². The van der Waals surface area contributed by atoms with Crippen molar-refractivity contribution in [3.63, 3.8) is 0 Å². The topological polar surface area (TPSA) is 145 Å². The maximum atomic E-state index is 12.0. The molecule has 148 valence electrons. The van der Waals surface area contributed by atoms with Crippen LogP contribution in [0.5, 0.6) is 11.5 Å². The fourth-order valence-corrected chi connectivity index (χ4v) is 2.88. The smallest absolute Gasteiger partial charge is 0.335 e. The van der Waals surface area contributed by atoms with Crippen LogP contribution in [0.1, 0.15) is 30.1 Å². The summed E-state index contributed by atoms with van der Waals surface area (Å²) in [6.45, 7) is 2.54. The molecule has 2 aromatic carbocycles. The summed E-state index contributed by atoms with van der Waals surface area (Å²) in [7, 11) is -2.69. The lowest BCUT2D eigenvalue weighted by Gasteiger charge is -2.17. The molecule has 9 heteroatoms. The Balaban J connectivity index is 0.00000176. The first kappa shape index (κ1) is 22.4. The zero-order chi connectivity index (χ0) is 20.4. The van der Waals surface area contributed by atoms with Gasteiger partial charge in [-0.25, -0.2) is 18.4 Å². The van der Waals surface area contributed by atoms with Crippen molar-refractivity contribution in [3.8, 4) is 11.5 Å². The van der Waals surface area contributed by atoms with E-state index in [0.717, 1.165) is 18.9 Å². The van der Waals surface area contributed by atoms with Gasteiger partial charge < -0.3 is 20.9 Å². The SMILES string of the molecule is CCCCNc1cc(C(=O)O)cc(S(N)(=O)=O)c1Oc1ccccc1.CN. The largest absolute Gasteiger partial charge is 0.478 e. The van der Waals surface area contributed by atoms with Crippen LogP contribution in [0.25, 0.3) is 0 Å². The summed E-state index contributed by atoms with van der Waals surface area (Å²) in [5.41, 5.74) is 4.57. The van der Waals surface area contributed by atoms with Gasteiger partial charge >= 0.3 is 5.97 Å². The molecular formula is C18H25N3O5S. The number of para-hydroxylation sites is 1. The van der Waals surface area contributed by atoms with Crippen LogP contribution in [0.3, 0.4) is 0 Å². The number of benzene rings is 2. The molecule has 0 spiro atoms. The third-order valence-electron chi connectivity index (χ3n) is 3.42. The number of unbranched alkanes of at least 4 members (excludes halogenated alkanes) is 1. The Morgan fingerprint density at radius 3 is 2.33 bits per heavy atom. The number of anilines is 1. The summed E-state index contributed by atoms with van der Waals surface area (Å²) in [5, 5.41) is 17.6. The predicted octanol–water partition coefficient (Wildman–Crippen LogP) is 2.61. The van der Waals surface area contributed by atoms with Crippen molar-refractivity contribution >= 4 is 21.7 Å². The molecule has 0 unspecified atom stereocenters. The summed E-state index contributed by atoms with van der Waals surface area (Å²) >= 11 is 0. The number of carboxylic acid groups (broad SMARTS) is 1. The van der Waals surface area contributed by atoms with Gasteiger partial charge in [0.15, 0.2) is 5.75 Å². The van der Waals surface area contributed by atoms with Crippen molar-refractivity contribution in [3.05, 3.63) is 48.0 Å². The average molecular weight is 395 g/mol. The number of hydrogen-bond donors (Lipinski definition) is 4. The predicted molar refractivity (Wildman–Crippen MR) is 105 cm³/mol. The second-order valence-corrected chi connectivity index (χ2v) is 6.93. The Morgan fingerprint density at radius 1 is 1.19 bits per heavy atom. The molecule has 8 nitrogen and oxygen atoms in total. The Morgan fingerprint density at radius 2 is 1.81 bits per heavy atom. The molecule has 0 heterocycles. The minimum absolute atomic E-state index is 0.0187. The van der Waals surface area contributed by atoms with Gasteiger partial charge in [0.2, 0.25) is 10.0 Å². The lowest BCUT2D eigenvalue weighted by Crippen LogP contribution is -2.16. The molecule has 0 atom stereocenters. The van der Waals surface area contributed by atoms with Crippen molar-refractivity contribution < 1.29 is 23.1 Å². The molecule has 0 saturated heterocycles. The number of ether oxygens (including phenoxy) is 1. The van der Waals surface area contributed by atoms with E-state index in [1.165, 1.54) is 13.1 Å². The van der Waals surface area contributed by atoms with Gasteiger partial charge in [-0.2, -0.15) is 0 Å². The van der Waals surface area contributed by atoms with Crippen LogP contribution < -0.4 is 20.9 Å². The van der Waals surface area contributed by atoms with E-state index >= 15 is 0 Å². The van der Waals surface area contributed by atoms with Crippen molar-refractivity contribution in [2.75, 3.05) is 18.9 Å². The van der Waals surface area contributed by atoms with E-state index in [1.54, 1.807) is 30.3 Å². The van der Waals surface area contributed by atoms with Gasteiger partial charge in [0, 0.05) is 6.54 Å². The second kappa shape index (κ2) is 10.5. The van der Waals surface area contributed by atoms with Crippen LogP contribution in [-0.2, 0) is 10.0 Å². The van der Waals surface area contributed by atoms with Crippen LogP contribution in [0.15, 0.2) is 47.4 Å². The summed E-state index contributed by atoms with van der Waals surface area (Å²) in [4.78, 5) is 10.9. The number of primary sulfonamides is 1. The molecule has 0 aliphatic rings. The number of carboxylic acids is 1. The number of hydrogen-bond acceptors (Lipinski definition) is 6. The van der Waals surface area contributed by atoms with Crippen LogP contribution in [0.4, 0.5) is 5.69 Å². The summed E-state index contributed by atoms with van der Waals surface area (Å²) < 4.78 is 29.7. The van der Waals surface area contributed by atoms with Crippen molar-refractivity contribution in [1.82, 2.24) is 0 Å². The number of nitrogens with two attached hydrogens (primary N) is 2. The molecular weight excluding hydrogens is 370 g/mol. The number of aromatic carboxylic acids is 1. The monoisotopic (exact) mass is 395 g/mol. The molecule has 0 bridgehead atoms. The molecule has 0 aromatic heterocycles. The fraction of sp³-hybridized carbons (Fsp3) is 0.278. The normalized spacial score (nSPS) is 10.5. The molecule has 2 aromatic rings. The number of sulfonamides is 1. The maximum absolute atomic E-state index is 12.0. The quantitative estimate of drug-likeness (QED) is 0.503. The van der Waals surface area contributed by atoms with E-state index in [-0.39, 0.29) is 21.9 Å². The second-order valence-electron chi connectivity index (χ2n) is 5.40. The van der Waals surface area contributed by atoms with Gasteiger partial charge in [0.05, 0.1) is 11.3 Å². The van der Waals surface area contributed by atoms with E-state index in [0.29, 0.717) is 12.3 Å². The van der Waals surface area contributed by atoms with Crippen molar-refractivity contribution in [2.45, 2.75) is 24.7 Å². The van der Waals surface area contributed by atoms with E-state index in [9.17, 15) is 18.3 Å². The Bertz CT molecular complexity index is 855. The summed E-state index contributed by atoms with van der Waals surface area (Å²) in [6.07, 6.45) is 1.75. The molecule has 0 aliphatic heterocycles. The lowest BCUT2D eigenvalue weighted by atomic mass is 10.1. The highest BCUT2D eigenvalue weighted by molar-refractivity contribution is 7.89. The van der Waals surface area contributed by atoms with Gasteiger partial charge in [0.25, 0.3) is 0 Å². The minimum atomic E-state index is -4.19. The van der Waals surface area contributed by atoms with Crippen molar-refractivity contribution in [2.24, 2.45) is 10.9 Å². The van der Waals surface area contributed by atoms with Gasteiger partial charge in [-0.3, -0.25) is 0 Å². The molecule has 6 N–H and O–H groups in total. The highest BCUT2D eigenvalue weighted by Crippen LogP contribution is 2.37. The first-order valence-electron chi connectivity index (χ1n) is 8.31. The zero-order valence-corrected chi connectivity index (χ0v) is 16.1. The van der Waals surface area contributed by atoms with Gasteiger partial charge in [0.1, 0.15) is 10.6 Å². The Labute approximate surface area is 159 Å². The Kier molecular flexibility index (Phi) is 8.73. The first-order valence-corrected chi connectivity index (χ1v) is 9.86. The standard InChI is InChI=1S/C17H20N2O5S.CH5N/c1-2-3-9-19-14-10-12(17(20)21)11-15(25(18,22)23)16(14)24-13-7-5-4-6-8-13;1-2/h4-8,10-11,19H,2-3,9H2,1H3,(H,20,21)(H2,18,22,23);2H2,1H3. The van der Waals surface area contributed by atoms with Gasteiger partial charge in [-0.1, -0.05) is 31.5 Å². The van der Waals surface area contributed by atoms with Crippen molar-refractivity contribution in [1.29, 1.82) is 0 Å². The summed E-state index contributed by atoms with van der Waals surface area (Å²) in [5.74, 6) is -0.862. The van der Waals surface area contributed by atoms with E-state index in [2.05, 4.69) is 11.1 Å². The third kappa shape index (κ3) is 6.55. The first-order chi connectivity index (χ1) is 12.8. The molecule has 0 fully saturated rings. The molecule has 0 amide bonds. The average Bonchev–Trinajstić information content (AvgIpc) is 2.64. The van der Waals surface area contributed by atoms with Crippen LogP contribution in [0, 0.1) is 0 Å². The fourth-order valence-electron chi connectivity index (χ4n) is 2.18. The molecule has 0 aliphatic carbocycles. The molecule has 0 radical (unpaired) electrons. The van der Waals surface area contributed by atoms with Gasteiger partial charge in [-0.15, -0.1) is 0 Å². The minimum Gasteiger partial charge on any atom is -0.478 e. The van der Waals surface area contributed by atoms with Crippen LogP contribution >= 0.6 is 0 Å². The van der Waals surface area contributed by atoms with Gasteiger partial charge in [-0.05, 0) is 37.7 Å². The van der Waals surface area contributed by atoms with Crippen LogP contribution in [0.2, 0.25) is 0 Å². The highest BCUT2D eigenvalue weighted by Gasteiger charge is 2.23. The maximum Gasteiger partial charge on any atom is 0.335 e. The molecule has 0 saturated carbocycles. The van der Waals surface area contributed by atoms with E-state index in [4.69, 9.17) is 9.88 Å². The Hall–Kier alpha value is -2.62.